The lowest BCUT2D eigenvalue weighted by Gasteiger charge is -1.89. The normalized spacial score (nSPS) is 7.90. The molecule has 0 heterocycles. The zero-order valence-electron chi connectivity index (χ0n) is 6.54. The Morgan fingerprint density at radius 2 is 1.60 bits per heavy atom. The minimum atomic E-state index is 1.00. The summed E-state index contributed by atoms with van der Waals surface area (Å²) in [4.78, 5) is 0. The molecule has 0 amide bonds. The van der Waals surface area contributed by atoms with Gasteiger partial charge in [-0.25, -0.2) is 0 Å². The molecule has 0 saturated carbocycles. The molecule has 0 aliphatic carbocycles. The first-order chi connectivity index (χ1) is 4.93. The maximum absolute atomic E-state index is 7.00. The van der Waals surface area contributed by atoms with Crippen molar-refractivity contribution in [3.8, 4) is 0 Å². The molecule has 1 aromatic carbocycles. The van der Waals surface area contributed by atoms with E-state index in [1.54, 1.807) is 0 Å². The molecule has 56 valence electrons. The minimum Gasteiger partial charge on any atom is -0.400 e. The molecule has 10 heavy (non-hydrogen) atoms. The van der Waals surface area contributed by atoms with Gasteiger partial charge in [-0.1, -0.05) is 37.3 Å². The Bertz CT molecular complexity index is 146. The Labute approximate surface area is 62.3 Å². The van der Waals surface area contributed by atoms with Gasteiger partial charge in [-0.05, 0) is 12.0 Å². The number of hydrogen-bond acceptors (Lipinski definition) is 1. The Morgan fingerprint density at radius 1 is 1.10 bits per heavy atom. The van der Waals surface area contributed by atoms with Crippen LogP contribution >= 0.6 is 0 Å². The summed E-state index contributed by atoms with van der Waals surface area (Å²) in [5.74, 6) is 0. The van der Waals surface area contributed by atoms with Crippen molar-refractivity contribution in [3.63, 3.8) is 0 Å². The van der Waals surface area contributed by atoms with Crippen LogP contribution in [0.4, 0.5) is 0 Å². The fourth-order valence-electron chi connectivity index (χ4n) is 0.714. The van der Waals surface area contributed by atoms with Gasteiger partial charge in [0.25, 0.3) is 0 Å². The summed E-state index contributed by atoms with van der Waals surface area (Å²) in [6.07, 6.45) is 1.14. The van der Waals surface area contributed by atoms with E-state index in [0.717, 1.165) is 13.5 Å². The molecule has 0 aliphatic rings. The largest absolute Gasteiger partial charge is 0.400 e. The van der Waals surface area contributed by atoms with Crippen molar-refractivity contribution in [2.45, 2.75) is 13.3 Å². The number of hydrogen-bond donors (Lipinski definition) is 1. The highest BCUT2D eigenvalue weighted by Gasteiger charge is 1.79. The topological polar surface area (TPSA) is 20.2 Å². The van der Waals surface area contributed by atoms with E-state index in [9.17, 15) is 0 Å². The van der Waals surface area contributed by atoms with Gasteiger partial charge in [0.05, 0.1) is 0 Å². The van der Waals surface area contributed by atoms with Crippen molar-refractivity contribution in [1.82, 2.24) is 0 Å². The molecule has 0 radical (unpaired) electrons. The summed E-state index contributed by atoms with van der Waals surface area (Å²) in [6, 6.07) is 10.5. The van der Waals surface area contributed by atoms with E-state index in [1.807, 2.05) is 6.07 Å². The summed E-state index contributed by atoms with van der Waals surface area (Å²) in [7, 11) is 1.00. The van der Waals surface area contributed by atoms with Crippen molar-refractivity contribution < 1.29 is 5.11 Å². The molecule has 1 N–H and O–H groups in total. The highest BCUT2D eigenvalue weighted by atomic mass is 16.2. The summed E-state index contributed by atoms with van der Waals surface area (Å²) in [6.45, 7) is 2.16. The summed E-state index contributed by atoms with van der Waals surface area (Å²) >= 11 is 0. The molecule has 1 aromatic rings. The van der Waals surface area contributed by atoms with Gasteiger partial charge in [0.1, 0.15) is 0 Å². The molecule has 1 nitrogen and oxygen atoms in total. The molecule has 1 rings (SSSR count). The third-order valence-corrected chi connectivity index (χ3v) is 1.25. The van der Waals surface area contributed by atoms with Crippen LogP contribution in [0.25, 0.3) is 0 Å². The highest BCUT2D eigenvalue weighted by molar-refractivity contribution is 5.13. The van der Waals surface area contributed by atoms with Gasteiger partial charge in [-0.2, -0.15) is 0 Å². The second-order valence-corrected chi connectivity index (χ2v) is 1.84. The quantitative estimate of drug-likeness (QED) is 0.628. The van der Waals surface area contributed by atoms with Crippen LogP contribution in [0.3, 0.4) is 0 Å². The molecule has 0 aliphatic heterocycles. The average Bonchev–Trinajstić information content (AvgIpc) is 2.10. The zero-order chi connectivity index (χ0) is 7.82. The maximum atomic E-state index is 7.00. The van der Waals surface area contributed by atoms with Gasteiger partial charge in [0.15, 0.2) is 0 Å². The van der Waals surface area contributed by atoms with Gasteiger partial charge in [0, 0.05) is 7.11 Å². The van der Waals surface area contributed by atoms with Gasteiger partial charge in [-0.3, -0.25) is 0 Å². The Balaban J connectivity index is 0.000000371. The zero-order valence-corrected chi connectivity index (χ0v) is 6.54. The number of aryl methyl sites for hydroxylation is 1. The van der Waals surface area contributed by atoms with Gasteiger partial charge in [-0.15, -0.1) is 0 Å². The number of aliphatic hydroxyl groups excluding tert-OH is 1. The van der Waals surface area contributed by atoms with Crippen molar-refractivity contribution in [2.75, 3.05) is 7.11 Å². The van der Waals surface area contributed by atoms with Gasteiger partial charge >= 0.3 is 0 Å². The third kappa shape index (κ3) is 3.25. The average molecular weight is 138 g/mol. The van der Waals surface area contributed by atoms with Crippen LogP contribution in [0.1, 0.15) is 12.5 Å². The molecule has 0 saturated heterocycles. The lowest BCUT2D eigenvalue weighted by molar-refractivity contribution is 0.399. The third-order valence-electron chi connectivity index (χ3n) is 1.25. The van der Waals surface area contributed by atoms with E-state index in [0.29, 0.717) is 0 Å². The Hall–Kier alpha value is -0.820. The minimum absolute atomic E-state index is 1.00. The maximum Gasteiger partial charge on any atom is 0.0319 e. The van der Waals surface area contributed by atoms with Crippen LogP contribution in [-0.2, 0) is 6.42 Å². The lowest BCUT2D eigenvalue weighted by Crippen LogP contribution is -1.73. The Kier molecular flexibility index (Phi) is 5.79. The highest BCUT2D eigenvalue weighted by Crippen LogP contribution is 1.96. The lowest BCUT2D eigenvalue weighted by atomic mass is 10.2. The van der Waals surface area contributed by atoms with Gasteiger partial charge in [0.2, 0.25) is 0 Å². The standard InChI is InChI=1S/C8H10.CH4O/c1-2-8-6-4-3-5-7-8;1-2/h3-7H,2H2,1H3;2H,1H3. The van der Waals surface area contributed by atoms with Crippen LogP contribution in [0.2, 0.25) is 0 Å². The Morgan fingerprint density at radius 3 is 1.90 bits per heavy atom. The number of aliphatic hydroxyl groups is 1. The van der Waals surface area contributed by atoms with Crippen molar-refractivity contribution in [2.24, 2.45) is 0 Å². The van der Waals surface area contributed by atoms with E-state index < -0.39 is 0 Å². The van der Waals surface area contributed by atoms with Crippen molar-refractivity contribution >= 4 is 0 Å². The fraction of sp³-hybridized carbons (Fsp3) is 0.333. The molecule has 1 heteroatoms. The predicted octanol–water partition coefficient (Wildman–Crippen LogP) is 1.86. The van der Waals surface area contributed by atoms with Crippen LogP contribution in [0, 0.1) is 0 Å². The molecule has 0 spiro atoms. The SMILES string of the molecule is CCc1ccccc1.CO. The van der Waals surface area contributed by atoms with Crippen LogP contribution in [0.15, 0.2) is 30.3 Å². The predicted molar refractivity (Wildman–Crippen MR) is 44.0 cm³/mol. The summed E-state index contributed by atoms with van der Waals surface area (Å²) < 4.78 is 0. The van der Waals surface area contributed by atoms with E-state index in [2.05, 4.69) is 31.2 Å². The molecular weight excluding hydrogens is 124 g/mol. The number of rotatable bonds is 1. The van der Waals surface area contributed by atoms with E-state index in [-0.39, 0.29) is 0 Å². The molecule has 0 unspecified atom stereocenters. The second kappa shape index (κ2) is 6.30. The molecule has 0 bridgehead atoms. The molecule has 0 atom stereocenters. The summed E-state index contributed by atoms with van der Waals surface area (Å²) in [5, 5.41) is 7.00. The molecular formula is C9H14O. The van der Waals surface area contributed by atoms with Crippen molar-refractivity contribution in [1.29, 1.82) is 0 Å². The smallest absolute Gasteiger partial charge is 0.0319 e. The van der Waals surface area contributed by atoms with Gasteiger partial charge < -0.3 is 5.11 Å². The van der Waals surface area contributed by atoms with Crippen LogP contribution < -0.4 is 0 Å². The number of benzene rings is 1. The van der Waals surface area contributed by atoms with E-state index in [4.69, 9.17) is 5.11 Å². The van der Waals surface area contributed by atoms with Crippen molar-refractivity contribution in [3.05, 3.63) is 35.9 Å². The van der Waals surface area contributed by atoms with E-state index in [1.165, 1.54) is 5.56 Å². The summed E-state index contributed by atoms with van der Waals surface area (Å²) in [5.41, 5.74) is 1.41. The second-order valence-electron chi connectivity index (χ2n) is 1.84. The van der Waals surface area contributed by atoms with Crippen LogP contribution in [-0.4, -0.2) is 12.2 Å². The molecule has 0 fully saturated rings. The first-order valence-corrected chi connectivity index (χ1v) is 3.42. The monoisotopic (exact) mass is 138 g/mol. The molecule has 0 aromatic heterocycles. The van der Waals surface area contributed by atoms with Crippen LogP contribution in [0.5, 0.6) is 0 Å². The first kappa shape index (κ1) is 9.18. The first-order valence-electron chi connectivity index (χ1n) is 3.42. The van der Waals surface area contributed by atoms with E-state index >= 15 is 0 Å². The fourth-order valence-corrected chi connectivity index (χ4v) is 0.714.